The molecule has 1 aliphatic carbocycles. The number of piperidine rings is 3. The lowest BCUT2D eigenvalue weighted by Crippen LogP contribution is -2.63. The predicted octanol–water partition coefficient (Wildman–Crippen LogP) is 2.24. The Hall–Kier alpha value is -0.610. The first kappa shape index (κ1) is 15.9. The van der Waals surface area contributed by atoms with E-state index < -0.39 is 0 Å². The van der Waals surface area contributed by atoms with Gasteiger partial charge >= 0.3 is 0 Å². The quantitative estimate of drug-likeness (QED) is 0.844. The highest BCUT2D eigenvalue weighted by atomic mass is 16.1. The molecule has 23 heavy (non-hydrogen) atoms. The standard InChI is InChI=1S/C19H33N3O/c1-21-13-14-5-3-11-22-12-4-6-16(19(14)22)17(21)7-2-8-18(23)20-15-9-10-15/h14-17,19H,2-13H2,1H3,(H,20,23)/t14-,16+,17+,19-/m0/s1. The third-order valence-electron chi connectivity index (χ3n) is 6.78. The second-order valence-corrected chi connectivity index (χ2v) is 8.48. The van der Waals surface area contributed by atoms with Gasteiger partial charge in [-0.3, -0.25) is 9.69 Å². The lowest BCUT2D eigenvalue weighted by atomic mass is 9.69. The molecule has 4 aliphatic rings. The van der Waals surface area contributed by atoms with Crippen LogP contribution in [0.2, 0.25) is 0 Å². The van der Waals surface area contributed by atoms with Crippen molar-refractivity contribution in [2.45, 2.75) is 75.9 Å². The van der Waals surface area contributed by atoms with Gasteiger partial charge in [0, 0.05) is 31.1 Å². The van der Waals surface area contributed by atoms with Gasteiger partial charge in [0.1, 0.15) is 0 Å². The zero-order valence-corrected chi connectivity index (χ0v) is 14.7. The number of likely N-dealkylation sites (tertiary alicyclic amines) is 1. The summed E-state index contributed by atoms with van der Waals surface area (Å²) >= 11 is 0. The fraction of sp³-hybridized carbons (Fsp3) is 0.947. The molecule has 0 radical (unpaired) electrons. The van der Waals surface area contributed by atoms with Crippen LogP contribution < -0.4 is 5.32 Å². The molecule has 1 N–H and O–H groups in total. The number of hydrogen-bond acceptors (Lipinski definition) is 3. The van der Waals surface area contributed by atoms with Crippen LogP contribution in [0.1, 0.15) is 57.8 Å². The van der Waals surface area contributed by atoms with E-state index in [-0.39, 0.29) is 5.91 Å². The van der Waals surface area contributed by atoms with E-state index in [9.17, 15) is 4.79 Å². The first-order valence-electron chi connectivity index (χ1n) is 9.96. The Kier molecular flexibility index (Phi) is 4.64. The van der Waals surface area contributed by atoms with Gasteiger partial charge in [0.25, 0.3) is 0 Å². The van der Waals surface area contributed by atoms with Crippen LogP contribution in [0.3, 0.4) is 0 Å². The van der Waals surface area contributed by atoms with Crippen molar-refractivity contribution in [1.29, 1.82) is 0 Å². The predicted molar refractivity (Wildman–Crippen MR) is 92.2 cm³/mol. The number of hydrogen-bond donors (Lipinski definition) is 1. The van der Waals surface area contributed by atoms with E-state index in [0.29, 0.717) is 12.1 Å². The third-order valence-corrected chi connectivity index (χ3v) is 6.78. The molecule has 4 nitrogen and oxygen atoms in total. The van der Waals surface area contributed by atoms with Gasteiger partial charge < -0.3 is 10.2 Å². The molecule has 3 aliphatic heterocycles. The molecule has 4 atom stereocenters. The zero-order valence-electron chi connectivity index (χ0n) is 14.7. The minimum Gasteiger partial charge on any atom is -0.353 e. The molecule has 1 amide bonds. The van der Waals surface area contributed by atoms with Gasteiger partial charge in [-0.2, -0.15) is 0 Å². The second-order valence-electron chi connectivity index (χ2n) is 8.48. The molecule has 3 heterocycles. The van der Waals surface area contributed by atoms with E-state index in [1.807, 2.05) is 0 Å². The van der Waals surface area contributed by atoms with E-state index in [2.05, 4.69) is 22.2 Å². The van der Waals surface area contributed by atoms with Crippen molar-refractivity contribution in [2.75, 3.05) is 26.7 Å². The number of nitrogens with zero attached hydrogens (tertiary/aromatic N) is 2. The molecule has 4 fully saturated rings. The van der Waals surface area contributed by atoms with E-state index in [1.165, 1.54) is 64.6 Å². The molecule has 3 saturated heterocycles. The van der Waals surface area contributed by atoms with Crippen LogP contribution in [0.4, 0.5) is 0 Å². The molecular formula is C19H33N3O. The number of nitrogens with one attached hydrogen (secondary N) is 1. The topological polar surface area (TPSA) is 35.6 Å². The molecule has 0 unspecified atom stereocenters. The second kappa shape index (κ2) is 6.72. The SMILES string of the molecule is CN1C[C@@H]2CCCN3CCC[C@@H]([C@H]23)[C@H]1CCCC(=O)NC1CC1. The van der Waals surface area contributed by atoms with Gasteiger partial charge in [0.2, 0.25) is 5.91 Å². The van der Waals surface area contributed by atoms with Crippen molar-refractivity contribution >= 4 is 5.91 Å². The maximum atomic E-state index is 11.9. The normalized spacial score (nSPS) is 38.1. The Morgan fingerprint density at radius 1 is 1.13 bits per heavy atom. The largest absolute Gasteiger partial charge is 0.353 e. The van der Waals surface area contributed by atoms with Gasteiger partial charge in [-0.15, -0.1) is 0 Å². The Morgan fingerprint density at radius 2 is 1.91 bits per heavy atom. The number of rotatable bonds is 5. The summed E-state index contributed by atoms with van der Waals surface area (Å²) in [5.74, 6) is 2.03. The van der Waals surface area contributed by atoms with Gasteiger partial charge in [-0.1, -0.05) is 0 Å². The van der Waals surface area contributed by atoms with E-state index in [1.54, 1.807) is 0 Å². The fourth-order valence-electron chi connectivity index (χ4n) is 5.64. The van der Waals surface area contributed by atoms with Gasteiger partial charge in [0.15, 0.2) is 0 Å². The van der Waals surface area contributed by atoms with Crippen LogP contribution in [0, 0.1) is 11.8 Å². The summed E-state index contributed by atoms with van der Waals surface area (Å²) in [6, 6.07) is 2.06. The molecule has 0 spiro atoms. The lowest BCUT2D eigenvalue weighted by Gasteiger charge is -2.57. The highest BCUT2D eigenvalue weighted by molar-refractivity contribution is 5.76. The van der Waals surface area contributed by atoms with Crippen molar-refractivity contribution in [3.8, 4) is 0 Å². The van der Waals surface area contributed by atoms with Crippen LogP contribution in [-0.2, 0) is 4.79 Å². The zero-order chi connectivity index (χ0) is 15.8. The van der Waals surface area contributed by atoms with Crippen LogP contribution in [0.25, 0.3) is 0 Å². The summed E-state index contributed by atoms with van der Waals surface area (Å²) in [6.07, 6.45) is 11.0. The van der Waals surface area contributed by atoms with Gasteiger partial charge in [0.05, 0.1) is 0 Å². The van der Waals surface area contributed by atoms with Crippen molar-refractivity contribution in [2.24, 2.45) is 11.8 Å². The van der Waals surface area contributed by atoms with Crippen molar-refractivity contribution < 1.29 is 4.79 Å². The summed E-state index contributed by atoms with van der Waals surface area (Å²) in [5.41, 5.74) is 0. The third kappa shape index (κ3) is 3.43. The highest BCUT2D eigenvalue weighted by Gasteiger charge is 2.47. The van der Waals surface area contributed by atoms with Crippen molar-refractivity contribution in [3.63, 3.8) is 0 Å². The number of amides is 1. The monoisotopic (exact) mass is 319 g/mol. The van der Waals surface area contributed by atoms with Crippen LogP contribution in [0.15, 0.2) is 0 Å². The Morgan fingerprint density at radius 3 is 2.70 bits per heavy atom. The summed E-state index contributed by atoms with van der Waals surface area (Å²) in [5, 5.41) is 3.13. The van der Waals surface area contributed by atoms with Crippen molar-refractivity contribution in [1.82, 2.24) is 15.1 Å². The Balaban J connectivity index is 1.34. The van der Waals surface area contributed by atoms with Crippen LogP contribution >= 0.6 is 0 Å². The highest BCUT2D eigenvalue weighted by Crippen LogP contribution is 2.42. The molecule has 1 saturated carbocycles. The number of carbonyl (C=O) groups excluding carboxylic acids is 1. The van der Waals surface area contributed by atoms with Gasteiger partial charge in [-0.25, -0.2) is 0 Å². The maximum Gasteiger partial charge on any atom is 0.220 e. The van der Waals surface area contributed by atoms with Crippen molar-refractivity contribution in [3.05, 3.63) is 0 Å². The average Bonchev–Trinajstić information content (AvgIpc) is 3.34. The van der Waals surface area contributed by atoms with E-state index >= 15 is 0 Å². The smallest absolute Gasteiger partial charge is 0.220 e. The minimum absolute atomic E-state index is 0.284. The number of carbonyl (C=O) groups is 1. The molecule has 130 valence electrons. The molecule has 0 aromatic heterocycles. The first-order chi connectivity index (χ1) is 11.2. The van der Waals surface area contributed by atoms with Gasteiger partial charge in [-0.05, 0) is 83.3 Å². The fourth-order valence-corrected chi connectivity index (χ4v) is 5.64. The summed E-state index contributed by atoms with van der Waals surface area (Å²) < 4.78 is 0. The summed E-state index contributed by atoms with van der Waals surface area (Å²) in [6.45, 7) is 3.94. The van der Waals surface area contributed by atoms with E-state index in [0.717, 1.165) is 30.7 Å². The Labute approximate surface area is 141 Å². The molecule has 0 aromatic carbocycles. The first-order valence-corrected chi connectivity index (χ1v) is 9.96. The van der Waals surface area contributed by atoms with Crippen LogP contribution in [-0.4, -0.2) is 60.5 Å². The summed E-state index contributed by atoms with van der Waals surface area (Å²) in [7, 11) is 2.33. The average molecular weight is 319 g/mol. The lowest BCUT2D eigenvalue weighted by molar-refractivity contribution is -0.121. The summed E-state index contributed by atoms with van der Waals surface area (Å²) in [4.78, 5) is 17.4. The molecule has 0 aromatic rings. The molecule has 4 heteroatoms. The minimum atomic E-state index is 0.284. The molecule has 4 rings (SSSR count). The Bertz CT molecular complexity index is 434. The molecular weight excluding hydrogens is 286 g/mol. The van der Waals surface area contributed by atoms with Crippen LogP contribution in [0.5, 0.6) is 0 Å². The maximum absolute atomic E-state index is 11.9. The molecule has 0 bridgehead atoms. The van der Waals surface area contributed by atoms with E-state index in [4.69, 9.17) is 0 Å².